The average molecular weight is 209 g/mol. The van der Waals surface area contributed by atoms with Gasteiger partial charge >= 0.3 is 0 Å². The van der Waals surface area contributed by atoms with E-state index in [-0.39, 0.29) is 17.4 Å². The van der Waals surface area contributed by atoms with Crippen LogP contribution in [-0.4, -0.2) is 28.2 Å². The predicted octanol–water partition coefficient (Wildman–Crippen LogP) is 0.251. The van der Waals surface area contributed by atoms with Gasteiger partial charge in [0, 0.05) is 0 Å². The molecule has 1 aromatic rings. The summed E-state index contributed by atoms with van der Waals surface area (Å²) in [6, 6.07) is 0. The van der Waals surface area contributed by atoms with Crippen molar-refractivity contribution in [3.05, 3.63) is 21.7 Å². The van der Waals surface area contributed by atoms with Crippen LogP contribution in [0.2, 0.25) is 0 Å². The van der Waals surface area contributed by atoms with Crippen molar-refractivity contribution in [2.24, 2.45) is 0 Å². The molecule has 5 heteroatoms. The molecule has 0 unspecified atom stereocenters. The topological polar surface area (TPSA) is 78.0 Å². The summed E-state index contributed by atoms with van der Waals surface area (Å²) in [5.74, 6) is 0.474. The molecule has 1 aromatic heterocycles. The van der Waals surface area contributed by atoms with Gasteiger partial charge in [-0.15, -0.1) is 0 Å². The summed E-state index contributed by atoms with van der Waals surface area (Å²) in [4.78, 5) is 18.2. The minimum Gasteiger partial charge on any atom is -0.493 e. The van der Waals surface area contributed by atoms with Gasteiger partial charge in [-0.1, -0.05) is 0 Å². The van der Waals surface area contributed by atoms with Crippen molar-refractivity contribution in [3.8, 4) is 5.88 Å². The fourth-order valence-corrected chi connectivity index (χ4v) is 2.06. The van der Waals surface area contributed by atoms with Crippen LogP contribution < -0.4 is 10.9 Å². The molecular weight excluding hydrogens is 194 g/mol. The van der Waals surface area contributed by atoms with Gasteiger partial charge in [0.05, 0.1) is 5.56 Å². The minimum atomic E-state index is -0.202. The lowest BCUT2D eigenvalue weighted by atomic mass is 9.91. The number of nitrogens with zero attached hydrogens (tertiary/aromatic N) is 1. The molecule has 15 heavy (non-hydrogen) atoms. The first-order chi connectivity index (χ1) is 7.18. The molecule has 0 amide bonds. The molecule has 1 fully saturated rings. The van der Waals surface area contributed by atoms with E-state index in [1.54, 1.807) is 6.92 Å². The second kappa shape index (κ2) is 4.02. The van der Waals surface area contributed by atoms with E-state index < -0.39 is 0 Å². The third-order valence-electron chi connectivity index (χ3n) is 2.80. The van der Waals surface area contributed by atoms with Crippen LogP contribution in [-0.2, 0) is 0 Å². The highest BCUT2D eigenvalue weighted by molar-refractivity contribution is 5.27. The van der Waals surface area contributed by atoms with Gasteiger partial charge in [0.15, 0.2) is 0 Å². The lowest BCUT2D eigenvalue weighted by molar-refractivity contribution is 0.405. The molecule has 0 radical (unpaired) electrons. The number of hydrogen-bond acceptors (Lipinski definition) is 4. The molecule has 2 heterocycles. The number of aromatic nitrogens is 2. The first kappa shape index (κ1) is 10.2. The molecule has 0 aliphatic carbocycles. The van der Waals surface area contributed by atoms with Crippen molar-refractivity contribution in [2.75, 3.05) is 13.1 Å². The van der Waals surface area contributed by atoms with Gasteiger partial charge in [0.1, 0.15) is 5.82 Å². The second-order valence-corrected chi connectivity index (χ2v) is 3.91. The monoisotopic (exact) mass is 209 g/mol. The van der Waals surface area contributed by atoms with E-state index in [1.807, 2.05) is 0 Å². The molecule has 0 aromatic carbocycles. The Bertz CT molecular complexity index is 408. The van der Waals surface area contributed by atoms with Gasteiger partial charge in [-0.3, -0.25) is 4.79 Å². The number of aromatic hydroxyl groups is 1. The van der Waals surface area contributed by atoms with E-state index in [0.717, 1.165) is 25.9 Å². The number of aromatic amines is 1. The number of hydrogen-bond donors (Lipinski definition) is 3. The SMILES string of the molecule is Cc1nc(O)c(C2CCNCC2)c(=O)[nH]1. The number of piperidine rings is 1. The molecule has 5 nitrogen and oxygen atoms in total. The largest absolute Gasteiger partial charge is 0.493 e. The van der Waals surface area contributed by atoms with E-state index >= 15 is 0 Å². The van der Waals surface area contributed by atoms with Crippen molar-refractivity contribution in [3.63, 3.8) is 0 Å². The zero-order valence-corrected chi connectivity index (χ0v) is 8.71. The maximum absolute atomic E-state index is 11.7. The molecule has 2 rings (SSSR count). The molecule has 3 N–H and O–H groups in total. The Morgan fingerprint density at radius 1 is 1.40 bits per heavy atom. The first-order valence-corrected chi connectivity index (χ1v) is 5.19. The Morgan fingerprint density at radius 3 is 2.67 bits per heavy atom. The van der Waals surface area contributed by atoms with Crippen LogP contribution in [0.25, 0.3) is 0 Å². The second-order valence-electron chi connectivity index (χ2n) is 3.91. The zero-order valence-electron chi connectivity index (χ0n) is 8.71. The van der Waals surface area contributed by atoms with Crippen LogP contribution in [0.3, 0.4) is 0 Å². The smallest absolute Gasteiger partial charge is 0.258 e. The molecule has 1 saturated heterocycles. The highest BCUT2D eigenvalue weighted by Crippen LogP contribution is 2.27. The highest BCUT2D eigenvalue weighted by atomic mass is 16.3. The molecule has 0 saturated carbocycles. The fraction of sp³-hybridized carbons (Fsp3) is 0.600. The fourth-order valence-electron chi connectivity index (χ4n) is 2.06. The maximum Gasteiger partial charge on any atom is 0.258 e. The van der Waals surface area contributed by atoms with Gasteiger partial charge in [-0.2, -0.15) is 0 Å². The Morgan fingerprint density at radius 2 is 2.07 bits per heavy atom. The number of rotatable bonds is 1. The Balaban J connectivity index is 2.38. The lowest BCUT2D eigenvalue weighted by Gasteiger charge is -2.22. The average Bonchev–Trinajstić information content (AvgIpc) is 2.17. The quantitative estimate of drug-likeness (QED) is 0.619. The molecule has 1 aliphatic heterocycles. The van der Waals surface area contributed by atoms with Crippen molar-refractivity contribution in [1.29, 1.82) is 0 Å². The lowest BCUT2D eigenvalue weighted by Crippen LogP contribution is -2.30. The standard InChI is InChI=1S/C10H15N3O2/c1-6-12-9(14)8(10(15)13-6)7-2-4-11-5-3-7/h7,11H,2-5H2,1H3,(H2,12,13,14,15). The van der Waals surface area contributed by atoms with Crippen molar-refractivity contribution in [2.45, 2.75) is 25.7 Å². The zero-order chi connectivity index (χ0) is 10.8. The van der Waals surface area contributed by atoms with Gasteiger partial charge in [-0.25, -0.2) is 4.98 Å². The maximum atomic E-state index is 11.7. The van der Waals surface area contributed by atoms with Crippen LogP contribution in [0.15, 0.2) is 4.79 Å². The first-order valence-electron chi connectivity index (χ1n) is 5.19. The number of H-pyrrole nitrogens is 1. The summed E-state index contributed by atoms with van der Waals surface area (Å²) in [5, 5.41) is 12.9. The van der Waals surface area contributed by atoms with E-state index in [2.05, 4.69) is 15.3 Å². The minimum absolute atomic E-state index is 0.108. The van der Waals surface area contributed by atoms with E-state index in [1.165, 1.54) is 0 Å². The number of aryl methyl sites for hydroxylation is 1. The summed E-state index contributed by atoms with van der Waals surface area (Å²) in [6.45, 7) is 3.43. The summed E-state index contributed by atoms with van der Waals surface area (Å²) in [6.07, 6.45) is 1.75. The van der Waals surface area contributed by atoms with Gasteiger partial charge in [-0.05, 0) is 38.8 Å². The van der Waals surface area contributed by atoms with Gasteiger partial charge in [0.2, 0.25) is 5.88 Å². The molecular formula is C10H15N3O2. The van der Waals surface area contributed by atoms with Gasteiger partial charge < -0.3 is 15.4 Å². The molecule has 0 spiro atoms. The van der Waals surface area contributed by atoms with E-state index in [4.69, 9.17) is 0 Å². The normalized spacial score (nSPS) is 17.9. The Kier molecular flexibility index (Phi) is 2.73. The van der Waals surface area contributed by atoms with Crippen LogP contribution in [0, 0.1) is 6.92 Å². The van der Waals surface area contributed by atoms with Crippen molar-refractivity contribution in [1.82, 2.24) is 15.3 Å². The van der Waals surface area contributed by atoms with E-state index in [0.29, 0.717) is 11.4 Å². The predicted molar refractivity (Wildman–Crippen MR) is 56.1 cm³/mol. The Hall–Kier alpha value is -1.36. The van der Waals surface area contributed by atoms with Crippen LogP contribution >= 0.6 is 0 Å². The van der Waals surface area contributed by atoms with Crippen molar-refractivity contribution >= 4 is 0 Å². The van der Waals surface area contributed by atoms with Gasteiger partial charge in [0.25, 0.3) is 5.56 Å². The van der Waals surface area contributed by atoms with Crippen molar-refractivity contribution < 1.29 is 5.11 Å². The summed E-state index contributed by atoms with van der Waals surface area (Å²) >= 11 is 0. The summed E-state index contributed by atoms with van der Waals surface area (Å²) < 4.78 is 0. The summed E-state index contributed by atoms with van der Waals surface area (Å²) in [7, 11) is 0. The molecule has 0 atom stereocenters. The molecule has 82 valence electrons. The third kappa shape index (κ3) is 2.02. The van der Waals surface area contributed by atoms with Crippen LogP contribution in [0.5, 0.6) is 5.88 Å². The third-order valence-corrected chi connectivity index (χ3v) is 2.80. The highest BCUT2D eigenvalue weighted by Gasteiger charge is 2.22. The van der Waals surface area contributed by atoms with Crippen LogP contribution in [0.4, 0.5) is 0 Å². The molecule has 0 bridgehead atoms. The summed E-state index contributed by atoms with van der Waals surface area (Å²) in [5.41, 5.74) is 0.244. The number of nitrogens with one attached hydrogen (secondary N) is 2. The molecule has 1 aliphatic rings. The Labute approximate surface area is 87.6 Å². The van der Waals surface area contributed by atoms with E-state index in [9.17, 15) is 9.90 Å². The van der Waals surface area contributed by atoms with Crippen LogP contribution in [0.1, 0.15) is 30.1 Å².